The SMILES string of the molecule is COc1cc(OC[C@@H](Nc2ccc(CNCCC(=O)O)cc2)C(C)C)ccc1-c1ccc(C(F)(F)F)cc1F. The highest BCUT2D eigenvalue weighted by Crippen LogP contribution is 2.37. The highest BCUT2D eigenvalue weighted by Gasteiger charge is 2.31. The molecule has 0 spiro atoms. The number of hydrogen-bond donors (Lipinski definition) is 3. The normalized spacial score (nSPS) is 12.3. The van der Waals surface area contributed by atoms with Gasteiger partial charge in [-0.15, -0.1) is 0 Å². The van der Waals surface area contributed by atoms with Gasteiger partial charge in [-0.3, -0.25) is 4.79 Å². The van der Waals surface area contributed by atoms with E-state index in [0.29, 0.717) is 37.1 Å². The highest BCUT2D eigenvalue weighted by atomic mass is 19.4. The number of carboxylic acids is 1. The number of rotatable bonds is 13. The van der Waals surface area contributed by atoms with E-state index in [0.717, 1.165) is 23.4 Å². The molecule has 3 rings (SSSR count). The minimum absolute atomic E-state index is 0.00587. The van der Waals surface area contributed by atoms with E-state index >= 15 is 0 Å². The number of benzene rings is 3. The summed E-state index contributed by atoms with van der Waals surface area (Å²) in [4.78, 5) is 10.6. The van der Waals surface area contributed by atoms with E-state index in [4.69, 9.17) is 14.6 Å². The second-order valence-corrected chi connectivity index (χ2v) is 9.38. The van der Waals surface area contributed by atoms with Crippen LogP contribution in [0, 0.1) is 11.7 Å². The lowest BCUT2D eigenvalue weighted by Gasteiger charge is -2.24. The summed E-state index contributed by atoms with van der Waals surface area (Å²) in [6, 6.07) is 14.9. The Hall–Kier alpha value is -3.79. The number of carbonyl (C=O) groups is 1. The van der Waals surface area contributed by atoms with Crippen molar-refractivity contribution >= 4 is 11.7 Å². The number of anilines is 1. The van der Waals surface area contributed by atoms with Crippen LogP contribution in [0.3, 0.4) is 0 Å². The van der Waals surface area contributed by atoms with Crippen molar-refractivity contribution in [2.24, 2.45) is 5.92 Å². The molecule has 1 atom stereocenters. The fourth-order valence-corrected chi connectivity index (χ4v) is 3.84. The molecular weight excluding hydrogens is 516 g/mol. The fourth-order valence-electron chi connectivity index (χ4n) is 3.84. The molecule has 0 saturated carbocycles. The summed E-state index contributed by atoms with van der Waals surface area (Å²) in [5.74, 6) is -0.884. The molecule has 3 aromatic rings. The lowest BCUT2D eigenvalue weighted by Crippen LogP contribution is -2.32. The molecule has 0 bridgehead atoms. The van der Waals surface area contributed by atoms with E-state index < -0.39 is 23.5 Å². The van der Waals surface area contributed by atoms with Crippen molar-refractivity contribution in [1.29, 1.82) is 0 Å². The Balaban J connectivity index is 1.64. The topological polar surface area (TPSA) is 79.8 Å². The Morgan fingerprint density at radius 1 is 1.00 bits per heavy atom. The molecule has 0 aromatic heterocycles. The van der Waals surface area contributed by atoms with Crippen LogP contribution >= 0.6 is 0 Å². The highest BCUT2D eigenvalue weighted by molar-refractivity contribution is 5.72. The Bertz CT molecular complexity index is 1250. The molecule has 0 fully saturated rings. The van der Waals surface area contributed by atoms with Crippen molar-refractivity contribution in [2.75, 3.05) is 25.6 Å². The first-order valence-corrected chi connectivity index (χ1v) is 12.4. The van der Waals surface area contributed by atoms with Crippen LogP contribution in [0.25, 0.3) is 11.1 Å². The third-order valence-corrected chi connectivity index (χ3v) is 6.14. The van der Waals surface area contributed by atoms with Crippen LogP contribution in [0.5, 0.6) is 11.5 Å². The number of ether oxygens (including phenoxy) is 2. The summed E-state index contributed by atoms with van der Waals surface area (Å²) in [6.45, 7) is 5.39. The molecule has 3 aromatic carbocycles. The molecule has 0 aliphatic rings. The molecule has 0 heterocycles. The Morgan fingerprint density at radius 2 is 1.69 bits per heavy atom. The summed E-state index contributed by atoms with van der Waals surface area (Å²) in [5.41, 5.74) is 1.18. The van der Waals surface area contributed by atoms with Crippen molar-refractivity contribution in [3.8, 4) is 22.6 Å². The lowest BCUT2D eigenvalue weighted by atomic mass is 10.0. The average molecular weight is 549 g/mol. The number of alkyl halides is 3. The maximum Gasteiger partial charge on any atom is 0.416 e. The van der Waals surface area contributed by atoms with Gasteiger partial charge in [0.15, 0.2) is 0 Å². The number of nitrogens with one attached hydrogen (secondary N) is 2. The van der Waals surface area contributed by atoms with Gasteiger partial charge in [-0.2, -0.15) is 13.2 Å². The third kappa shape index (κ3) is 8.61. The van der Waals surface area contributed by atoms with Gasteiger partial charge in [-0.05, 0) is 47.9 Å². The molecule has 39 heavy (non-hydrogen) atoms. The van der Waals surface area contributed by atoms with Crippen LogP contribution in [-0.2, 0) is 17.5 Å². The first-order valence-electron chi connectivity index (χ1n) is 12.4. The number of aliphatic carboxylic acids is 1. The van der Waals surface area contributed by atoms with E-state index in [-0.39, 0.29) is 29.7 Å². The molecule has 0 amide bonds. The monoisotopic (exact) mass is 548 g/mol. The zero-order valence-electron chi connectivity index (χ0n) is 21.9. The lowest BCUT2D eigenvalue weighted by molar-refractivity contribution is -0.138. The minimum Gasteiger partial charge on any atom is -0.496 e. The zero-order valence-corrected chi connectivity index (χ0v) is 21.9. The molecule has 0 saturated heterocycles. The summed E-state index contributed by atoms with van der Waals surface area (Å²) in [6.07, 6.45) is -4.57. The van der Waals surface area contributed by atoms with Crippen molar-refractivity contribution in [3.63, 3.8) is 0 Å². The van der Waals surface area contributed by atoms with Gasteiger partial charge in [0.25, 0.3) is 0 Å². The minimum atomic E-state index is -4.63. The van der Waals surface area contributed by atoms with Gasteiger partial charge < -0.3 is 25.2 Å². The van der Waals surface area contributed by atoms with Crippen molar-refractivity contribution in [2.45, 2.75) is 39.0 Å². The van der Waals surface area contributed by atoms with Crippen molar-refractivity contribution in [1.82, 2.24) is 5.32 Å². The molecule has 6 nitrogen and oxygen atoms in total. The second-order valence-electron chi connectivity index (χ2n) is 9.38. The summed E-state index contributed by atoms with van der Waals surface area (Å²) in [7, 11) is 1.40. The van der Waals surface area contributed by atoms with E-state index in [1.54, 1.807) is 18.2 Å². The Kier molecular flexibility index (Phi) is 10.2. The van der Waals surface area contributed by atoms with Gasteiger partial charge in [0.1, 0.15) is 23.9 Å². The van der Waals surface area contributed by atoms with Gasteiger partial charge >= 0.3 is 12.1 Å². The molecule has 0 aliphatic heterocycles. The first-order chi connectivity index (χ1) is 18.5. The van der Waals surface area contributed by atoms with Crippen LogP contribution in [0.1, 0.15) is 31.4 Å². The summed E-state index contributed by atoms with van der Waals surface area (Å²) in [5, 5.41) is 15.2. The van der Waals surface area contributed by atoms with Gasteiger partial charge in [-0.1, -0.05) is 32.0 Å². The molecule has 3 N–H and O–H groups in total. The van der Waals surface area contributed by atoms with Crippen LogP contribution in [0.2, 0.25) is 0 Å². The van der Waals surface area contributed by atoms with Crippen LogP contribution in [-0.4, -0.2) is 37.4 Å². The molecule has 10 heteroatoms. The van der Waals surface area contributed by atoms with E-state index in [1.807, 2.05) is 24.3 Å². The van der Waals surface area contributed by atoms with Crippen LogP contribution in [0.15, 0.2) is 60.7 Å². The van der Waals surface area contributed by atoms with Gasteiger partial charge in [-0.25, -0.2) is 4.39 Å². The van der Waals surface area contributed by atoms with Crippen LogP contribution in [0.4, 0.5) is 23.2 Å². The average Bonchev–Trinajstić information content (AvgIpc) is 2.89. The van der Waals surface area contributed by atoms with Gasteiger partial charge in [0, 0.05) is 36.0 Å². The van der Waals surface area contributed by atoms with E-state index in [9.17, 15) is 22.4 Å². The number of carboxylic acid groups (broad SMARTS) is 1. The molecular formula is C29H32F4N2O4. The van der Waals surface area contributed by atoms with Gasteiger partial charge in [0.05, 0.1) is 25.1 Å². The molecule has 0 radical (unpaired) electrons. The molecule has 210 valence electrons. The van der Waals surface area contributed by atoms with E-state index in [1.165, 1.54) is 7.11 Å². The quantitative estimate of drug-likeness (QED) is 0.165. The second kappa shape index (κ2) is 13.3. The standard InChI is InChI=1S/C29H32F4N2O4/c1-18(2)26(35-21-7-4-19(5-8-21)16-34-13-12-28(36)37)17-39-22-9-11-24(27(15-22)38-3)23-10-6-20(14-25(23)30)29(31,32)33/h4-11,14-15,18,26,34-35H,12-13,16-17H2,1-3H3,(H,36,37)/t26-/m1/s1. The predicted molar refractivity (Wildman–Crippen MR) is 142 cm³/mol. The molecule has 0 aliphatic carbocycles. The predicted octanol–water partition coefficient (Wildman–Crippen LogP) is 6.60. The summed E-state index contributed by atoms with van der Waals surface area (Å²) >= 11 is 0. The fraction of sp³-hybridized carbons (Fsp3) is 0.345. The number of hydrogen-bond acceptors (Lipinski definition) is 5. The maximum absolute atomic E-state index is 14.5. The number of halogens is 4. The van der Waals surface area contributed by atoms with Crippen molar-refractivity contribution < 1.29 is 36.9 Å². The van der Waals surface area contributed by atoms with Gasteiger partial charge in [0.2, 0.25) is 0 Å². The number of methoxy groups -OCH3 is 1. The first kappa shape index (κ1) is 29.8. The van der Waals surface area contributed by atoms with E-state index in [2.05, 4.69) is 24.5 Å². The zero-order chi connectivity index (χ0) is 28.6. The summed E-state index contributed by atoms with van der Waals surface area (Å²) < 4.78 is 64.7. The maximum atomic E-state index is 14.5. The molecule has 0 unspecified atom stereocenters. The van der Waals surface area contributed by atoms with Crippen LogP contribution < -0.4 is 20.1 Å². The van der Waals surface area contributed by atoms with Crippen molar-refractivity contribution in [3.05, 3.63) is 77.6 Å². The largest absolute Gasteiger partial charge is 0.496 e. The smallest absolute Gasteiger partial charge is 0.416 e. The Morgan fingerprint density at radius 3 is 2.28 bits per heavy atom. The third-order valence-electron chi connectivity index (χ3n) is 6.14. The Labute approximate surface area is 225 Å².